The molecular weight excluding hydrogens is 508 g/mol. The van der Waals surface area contributed by atoms with Gasteiger partial charge in [-0.25, -0.2) is 0 Å². The van der Waals surface area contributed by atoms with Gasteiger partial charge < -0.3 is 9.47 Å². The van der Waals surface area contributed by atoms with Gasteiger partial charge in [0.05, 0.1) is 11.8 Å². The van der Waals surface area contributed by atoms with Gasteiger partial charge in [-0.3, -0.25) is 9.59 Å². The van der Waals surface area contributed by atoms with E-state index in [1.807, 2.05) is 13.8 Å². The van der Waals surface area contributed by atoms with Gasteiger partial charge in [-0.05, 0) is 138 Å². The number of rotatable bonds is 7. The summed E-state index contributed by atoms with van der Waals surface area (Å²) in [4.78, 5) is 26.5. The molecule has 0 aliphatic heterocycles. The summed E-state index contributed by atoms with van der Waals surface area (Å²) in [6.45, 7) is 9.06. The van der Waals surface area contributed by atoms with Gasteiger partial charge in [0.15, 0.2) is 0 Å². The lowest BCUT2D eigenvalue weighted by Gasteiger charge is -2.40. The Morgan fingerprint density at radius 1 is 0.537 bits per heavy atom. The molecule has 236 valence electrons. The van der Waals surface area contributed by atoms with Crippen LogP contribution in [0.25, 0.3) is 0 Å². The fourth-order valence-corrected chi connectivity index (χ4v) is 9.26. The third kappa shape index (κ3) is 9.21. The van der Waals surface area contributed by atoms with Crippen molar-refractivity contribution in [2.45, 2.75) is 168 Å². The van der Waals surface area contributed by atoms with Gasteiger partial charge in [0.25, 0.3) is 0 Å². The molecule has 0 aromatic rings. The number of carbonyl (C=O) groups is 2. The molecule has 0 amide bonds. The van der Waals surface area contributed by atoms with Crippen molar-refractivity contribution < 1.29 is 19.1 Å². The summed E-state index contributed by atoms with van der Waals surface area (Å²) < 4.78 is 12.3. The monoisotopic (exact) mass is 572 g/mol. The first-order valence-electron chi connectivity index (χ1n) is 18.3. The number of esters is 2. The zero-order valence-corrected chi connectivity index (χ0v) is 27.3. The first-order chi connectivity index (χ1) is 19.9. The van der Waals surface area contributed by atoms with Crippen LogP contribution < -0.4 is 0 Å². The van der Waals surface area contributed by atoms with Crippen LogP contribution in [0.4, 0.5) is 0 Å². The molecule has 0 spiro atoms. The number of ether oxygens (including phenoxy) is 2. The Balaban J connectivity index is 0.00000189. The van der Waals surface area contributed by atoms with Crippen molar-refractivity contribution in [1.29, 1.82) is 0 Å². The largest absolute Gasteiger partial charge is 0.461 e. The van der Waals surface area contributed by atoms with E-state index in [2.05, 4.69) is 13.8 Å². The SMILES string of the molecule is CC.CC1CCC(C2CCC(C(=O)OCC3(OC(=O)C4CCC(C5CCC(C)CC5)CC4)CCCCC3)CC2)CC1. The van der Waals surface area contributed by atoms with Crippen molar-refractivity contribution in [1.82, 2.24) is 0 Å². The quantitative estimate of drug-likeness (QED) is 0.285. The molecule has 5 aliphatic carbocycles. The molecule has 0 unspecified atom stereocenters. The van der Waals surface area contributed by atoms with Crippen molar-refractivity contribution in [3.05, 3.63) is 0 Å². The fourth-order valence-electron chi connectivity index (χ4n) is 9.26. The molecule has 0 N–H and O–H groups in total. The molecular formula is C37H64O4. The minimum absolute atomic E-state index is 0.00836. The van der Waals surface area contributed by atoms with Crippen LogP contribution in [0.3, 0.4) is 0 Å². The van der Waals surface area contributed by atoms with Gasteiger partial charge in [-0.15, -0.1) is 0 Å². The molecule has 0 saturated heterocycles. The molecule has 0 radical (unpaired) electrons. The molecule has 0 atom stereocenters. The zero-order chi connectivity index (χ0) is 29.2. The number of hydrogen-bond acceptors (Lipinski definition) is 4. The third-order valence-electron chi connectivity index (χ3n) is 12.2. The van der Waals surface area contributed by atoms with Crippen LogP contribution in [-0.2, 0) is 19.1 Å². The van der Waals surface area contributed by atoms with E-state index in [0.29, 0.717) is 0 Å². The Hall–Kier alpha value is -1.06. The summed E-state index contributed by atoms with van der Waals surface area (Å²) >= 11 is 0. The zero-order valence-electron chi connectivity index (χ0n) is 27.3. The molecule has 5 rings (SSSR count). The average molecular weight is 573 g/mol. The van der Waals surface area contributed by atoms with Gasteiger partial charge in [0.2, 0.25) is 0 Å². The van der Waals surface area contributed by atoms with E-state index in [1.54, 1.807) is 0 Å². The van der Waals surface area contributed by atoms with E-state index in [1.165, 1.54) is 83.5 Å². The maximum absolute atomic E-state index is 13.4. The van der Waals surface area contributed by atoms with E-state index < -0.39 is 5.60 Å². The Kier molecular flexibility index (Phi) is 12.9. The molecule has 0 aromatic carbocycles. The molecule has 5 aliphatic rings. The lowest BCUT2D eigenvalue weighted by atomic mass is 9.69. The second-order valence-corrected chi connectivity index (χ2v) is 15.0. The molecule has 0 heterocycles. The minimum Gasteiger partial charge on any atom is -0.461 e. The highest BCUT2D eigenvalue weighted by atomic mass is 16.6. The van der Waals surface area contributed by atoms with E-state index >= 15 is 0 Å². The highest BCUT2D eigenvalue weighted by molar-refractivity contribution is 5.74. The second kappa shape index (κ2) is 16.1. The first-order valence-corrected chi connectivity index (χ1v) is 18.3. The van der Waals surface area contributed by atoms with Crippen molar-refractivity contribution in [2.75, 3.05) is 6.61 Å². The highest BCUT2D eigenvalue weighted by Gasteiger charge is 2.41. The summed E-state index contributed by atoms with van der Waals surface area (Å²) in [6.07, 6.45) is 24.7. The van der Waals surface area contributed by atoms with Crippen molar-refractivity contribution >= 4 is 11.9 Å². The van der Waals surface area contributed by atoms with Gasteiger partial charge in [-0.1, -0.05) is 59.8 Å². The Morgan fingerprint density at radius 3 is 1.32 bits per heavy atom. The van der Waals surface area contributed by atoms with Crippen LogP contribution in [0, 0.1) is 47.3 Å². The van der Waals surface area contributed by atoms with Gasteiger partial charge in [0.1, 0.15) is 12.2 Å². The molecule has 5 fully saturated rings. The normalized spacial score (nSPS) is 37.7. The molecule has 4 nitrogen and oxygen atoms in total. The van der Waals surface area contributed by atoms with Gasteiger partial charge in [0, 0.05) is 0 Å². The van der Waals surface area contributed by atoms with E-state index in [0.717, 1.165) is 86.9 Å². The molecule has 41 heavy (non-hydrogen) atoms. The Bertz CT molecular complexity index is 769. The van der Waals surface area contributed by atoms with Crippen LogP contribution in [-0.4, -0.2) is 24.1 Å². The lowest BCUT2D eigenvalue weighted by Crippen LogP contribution is -2.45. The Morgan fingerprint density at radius 2 is 0.902 bits per heavy atom. The second-order valence-electron chi connectivity index (χ2n) is 15.0. The maximum atomic E-state index is 13.4. The molecule has 5 saturated carbocycles. The van der Waals surface area contributed by atoms with Crippen LogP contribution in [0.15, 0.2) is 0 Å². The molecule has 0 aromatic heterocycles. The topological polar surface area (TPSA) is 52.6 Å². The summed E-state index contributed by atoms with van der Waals surface area (Å²) in [5.41, 5.74) is -0.586. The summed E-state index contributed by atoms with van der Waals surface area (Å²) in [5.74, 6) is 5.21. The van der Waals surface area contributed by atoms with Gasteiger partial charge >= 0.3 is 11.9 Å². The van der Waals surface area contributed by atoms with Crippen LogP contribution in [0.5, 0.6) is 0 Å². The molecule has 0 bridgehead atoms. The van der Waals surface area contributed by atoms with Gasteiger partial charge in [-0.2, -0.15) is 0 Å². The van der Waals surface area contributed by atoms with E-state index in [-0.39, 0.29) is 30.4 Å². The standard InChI is InChI=1S/C35H58O4.C2H6/c1-25-6-10-27(11-7-25)29-14-18-31(19-15-29)33(36)38-24-35(22-4-3-5-23-35)39-34(37)32-20-16-30(17-21-32)28-12-8-26(2)9-13-28;1-2/h25-32H,3-24H2,1-2H3;1-2H3. The van der Waals surface area contributed by atoms with Crippen molar-refractivity contribution in [2.24, 2.45) is 47.3 Å². The summed E-state index contributed by atoms with van der Waals surface area (Å²) in [7, 11) is 0. The van der Waals surface area contributed by atoms with Crippen molar-refractivity contribution in [3.63, 3.8) is 0 Å². The summed E-state index contributed by atoms with van der Waals surface area (Å²) in [5, 5.41) is 0. The third-order valence-corrected chi connectivity index (χ3v) is 12.2. The van der Waals surface area contributed by atoms with Crippen LogP contribution >= 0.6 is 0 Å². The smallest absolute Gasteiger partial charge is 0.309 e. The lowest BCUT2D eigenvalue weighted by molar-refractivity contribution is -0.184. The highest BCUT2D eigenvalue weighted by Crippen LogP contribution is 2.44. The number of hydrogen-bond donors (Lipinski definition) is 0. The first kappa shape index (κ1) is 32.8. The van der Waals surface area contributed by atoms with Crippen LogP contribution in [0.1, 0.15) is 163 Å². The number of carbonyl (C=O) groups excluding carboxylic acids is 2. The van der Waals surface area contributed by atoms with E-state index in [9.17, 15) is 9.59 Å². The van der Waals surface area contributed by atoms with E-state index in [4.69, 9.17) is 9.47 Å². The maximum Gasteiger partial charge on any atom is 0.309 e. The van der Waals surface area contributed by atoms with Crippen LogP contribution in [0.2, 0.25) is 0 Å². The average Bonchev–Trinajstić information content (AvgIpc) is 3.02. The summed E-state index contributed by atoms with van der Waals surface area (Å²) in [6, 6.07) is 0. The minimum atomic E-state index is -0.586. The van der Waals surface area contributed by atoms with Crippen molar-refractivity contribution in [3.8, 4) is 0 Å². The Labute approximate surface area is 252 Å². The predicted molar refractivity (Wildman–Crippen MR) is 167 cm³/mol. The fraction of sp³-hybridized carbons (Fsp3) is 0.946. The predicted octanol–water partition coefficient (Wildman–Crippen LogP) is 10.1. The molecule has 4 heteroatoms.